The van der Waals surface area contributed by atoms with E-state index in [0.717, 1.165) is 49.7 Å². The number of rotatable bonds is 7. The molecular weight excluding hydrogens is 482 g/mol. The number of fused-ring (bicyclic) bond motifs is 1. The number of nitrogens with zero attached hydrogens (tertiary/aromatic N) is 3. The predicted molar refractivity (Wildman–Crippen MR) is 136 cm³/mol. The molecule has 36 heavy (non-hydrogen) atoms. The summed E-state index contributed by atoms with van der Waals surface area (Å²) in [5.41, 5.74) is 2.70. The minimum absolute atomic E-state index is 0.0148. The molecule has 192 valence electrons. The summed E-state index contributed by atoms with van der Waals surface area (Å²) in [5.74, 6) is 0.178. The molecule has 2 fully saturated rings. The Kier molecular flexibility index (Phi) is 7.69. The van der Waals surface area contributed by atoms with Gasteiger partial charge in [-0.15, -0.1) is 0 Å². The van der Waals surface area contributed by atoms with E-state index in [9.17, 15) is 14.7 Å². The Morgan fingerprint density at radius 2 is 2.00 bits per heavy atom. The number of aliphatic hydroxyl groups excluding tert-OH is 1. The molecule has 0 radical (unpaired) electrons. The van der Waals surface area contributed by atoms with Crippen molar-refractivity contribution >= 4 is 29.4 Å². The highest BCUT2D eigenvalue weighted by Gasteiger charge is 2.30. The van der Waals surface area contributed by atoms with E-state index in [2.05, 4.69) is 20.6 Å². The molecule has 0 bridgehead atoms. The van der Waals surface area contributed by atoms with Crippen LogP contribution in [0.1, 0.15) is 54.4 Å². The van der Waals surface area contributed by atoms with Crippen molar-refractivity contribution in [2.45, 2.75) is 57.2 Å². The molecule has 1 aromatic carbocycles. The lowest BCUT2D eigenvalue weighted by molar-refractivity contribution is -0.122. The van der Waals surface area contributed by atoms with E-state index in [1.807, 2.05) is 12.1 Å². The molecule has 5 rings (SSSR count). The van der Waals surface area contributed by atoms with E-state index in [1.165, 1.54) is 0 Å². The molecule has 2 aliphatic heterocycles. The molecule has 1 aromatic heterocycles. The van der Waals surface area contributed by atoms with Crippen LogP contribution < -0.4 is 10.6 Å². The maximum absolute atomic E-state index is 13.1. The molecule has 1 aliphatic carbocycles. The number of hydrogen-bond acceptors (Lipinski definition) is 7. The van der Waals surface area contributed by atoms with Crippen molar-refractivity contribution < 1.29 is 19.4 Å². The molecule has 0 unspecified atom stereocenters. The molecule has 2 aromatic rings. The predicted octanol–water partition coefficient (Wildman–Crippen LogP) is 3.01. The second kappa shape index (κ2) is 11.1. The summed E-state index contributed by atoms with van der Waals surface area (Å²) >= 11 is 6.43. The highest BCUT2D eigenvalue weighted by Crippen LogP contribution is 2.32. The van der Waals surface area contributed by atoms with E-state index in [-0.39, 0.29) is 36.4 Å². The molecular formula is C26H32ClN5O4. The van der Waals surface area contributed by atoms with Crippen molar-refractivity contribution in [3.8, 4) is 11.3 Å². The van der Waals surface area contributed by atoms with Gasteiger partial charge in [-0.1, -0.05) is 36.6 Å². The number of aromatic nitrogens is 2. The maximum atomic E-state index is 13.1. The average molecular weight is 514 g/mol. The van der Waals surface area contributed by atoms with Crippen LogP contribution in [0.5, 0.6) is 0 Å². The molecule has 3 aliphatic rings. The first-order chi connectivity index (χ1) is 17.5. The van der Waals surface area contributed by atoms with Crippen LogP contribution in [-0.2, 0) is 16.1 Å². The molecule has 0 spiro atoms. The van der Waals surface area contributed by atoms with E-state index in [0.29, 0.717) is 48.5 Å². The van der Waals surface area contributed by atoms with Crippen LogP contribution in [0.15, 0.2) is 24.4 Å². The van der Waals surface area contributed by atoms with E-state index >= 15 is 0 Å². The van der Waals surface area contributed by atoms with Crippen molar-refractivity contribution in [2.75, 3.05) is 31.6 Å². The van der Waals surface area contributed by atoms with Gasteiger partial charge in [-0.25, -0.2) is 9.97 Å². The molecule has 2 amide bonds. The molecule has 2 atom stereocenters. The lowest BCUT2D eigenvalue weighted by atomic mass is 9.86. The normalized spacial score (nSPS) is 22.4. The Bertz CT molecular complexity index is 1120. The summed E-state index contributed by atoms with van der Waals surface area (Å²) in [6, 6.07) is 5.83. The third-order valence-corrected chi connectivity index (χ3v) is 7.60. The SMILES string of the molecule is O=C(CN1Cc2ccc(-c3nc(NC4CCOCC4)ncc3Cl)cc2C1=O)NC[C@@H]1CCCC[C@@H]1O. The van der Waals surface area contributed by atoms with Gasteiger partial charge in [0.15, 0.2) is 0 Å². The van der Waals surface area contributed by atoms with Gasteiger partial charge in [0.1, 0.15) is 6.54 Å². The quantitative estimate of drug-likeness (QED) is 0.521. The zero-order valence-electron chi connectivity index (χ0n) is 20.2. The first kappa shape index (κ1) is 24.9. The van der Waals surface area contributed by atoms with Crippen LogP contribution in [0.2, 0.25) is 5.02 Å². The number of carbonyl (C=O) groups excluding carboxylic acids is 2. The third kappa shape index (κ3) is 5.63. The summed E-state index contributed by atoms with van der Waals surface area (Å²) in [4.78, 5) is 36.1. The van der Waals surface area contributed by atoms with E-state index in [1.54, 1.807) is 17.2 Å². The minimum Gasteiger partial charge on any atom is -0.393 e. The van der Waals surface area contributed by atoms with E-state index < -0.39 is 0 Å². The number of benzene rings is 1. The summed E-state index contributed by atoms with van der Waals surface area (Å²) < 4.78 is 5.41. The van der Waals surface area contributed by atoms with Gasteiger partial charge < -0.3 is 25.4 Å². The second-order valence-electron chi connectivity index (χ2n) is 9.87. The summed E-state index contributed by atoms with van der Waals surface area (Å²) in [6.45, 7) is 2.22. The largest absolute Gasteiger partial charge is 0.393 e. The lowest BCUT2D eigenvalue weighted by Crippen LogP contribution is -2.41. The lowest BCUT2D eigenvalue weighted by Gasteiger charge is -2.27. The molecule has 10 heteroatoms. The first-order valence-electron chi connectivity index (χ1n) is 12.7. The van der Waals surface area contributed by atoms with Crippen LogP contribution >= 0.6 is 11.6 Å². The Balaban J connectivity index is 1.24. The Morgan fingerprint density at radius 3 is 2.81 bits per heavy atom. The zero-order chi connectivity index (χ0) is 25.1. The number of anilines is 1. The van der Waals surface area contributed by atoms with Crippen LogP contribution in [0.3, 0.4) is 0 Å². The van der Waals surface area contributed by atoms with Gasteiger partial charge in [-0.2, -0.15) is 0 Å². The minimum atomic E-state index is -0.365. The fourth-order valence-corrected chi connectivity index (χ4v) is 5.40. The molecule has 1 saturated carbocycles. The van der Waals surface area contributed by atoms with Crippen molar-refractivity contribution in [2.24, 2.45) is 5.92 Å². The maximum Gasteiger partial charge on any atom is 0.254 e. The van der Waals surface area contributed by atoms with Crippen LogP contribution in [0, 0.1) is 5.92 Å². The summed E-state index contributed by atoms with van der Waals surface area (Å²) in [6.07, 6.45) is 6.78. The van der Waals surface area contributed by atoms with Crippen molar-refractivity contribution in [1.82, 2.24) is 20.2 Å². The van der Waals surface area contributed by atoms with Gasteiger partial charge >= 0.3 is 0 Å². The topological polar surface area (TPSA) is 117 Å². The highest BCUT2D eigenvalue weighted by molar-refractivity contribution is 6.33. The Labute approximate surface area is 215 Å². The van der Waals surface area contributed by atoms with Crippen molar-refractivity contribution in [1.29, 1.82) is 0 Å². The average Bonchev–Trinajstić information content (AvgIpc) is 3.19. The monoisotopic (exact) mass is 513 g/mol. The van der Waals surface area contributed by atoms with Crippen molar-refractivity contribution in [3.63, 3.8) is 0 Å². The molecule has 9 nitrogen and oxygen atoms in total. The number of hydrogen-bond donors (Lipinski definition) is 3. The third-order valence-electron chi connectivity index (χ3n) is 7.33. The number of carbonyl (C=O) groups is 2. The second-order valence-corrected chi connectivity index (χ2v) is 10.3. The highest BCUT2D eigenvalue weighted by atomic mass is 35.5. The number of halogens is 1. The number of ether oxygens (including phenoxy) is 1. The zero-order valence-corrected chi connectivity index (χ0v) is 21.0. The van der Waals surface area contributed by atoms with Crippen LogP contribution in [0.4, 0.5) is 5.95 Å². The first-order valence-corrected chi connectivity index (χ1v) is 13.1. The van der Waals surface area contributed by atoms with Gasteiger partial charge in [-0.05, 0) is 37.3 Å². The van der Waals surface area contributed by atoms with Gasteiger partial charge in [0.2, 0.25) is 11.9 Å². The van der Waals surface area contributed by atoms with Crippen LogP contribution in [0.25, 0.3) is 11.3 Å². The Hall–Kier alpha value is -2.75. The molecule has 3 heterocycles. The van der Waals surface area contributed by atoms with Gasteiger partial charge in [0.05, 0.1) is 23.0 Å². The number of nitrogens with one attached hydrogen (secondary N) is 2. The van der Waals surface area contributed by atoms with Crippen LogP contribution in [-0.4, -0.2) is 70.2 Å². The fraction of sp³-hybridized carbons (Fsp3) is 0.538. The van der Waals surface area contributed by atoms with Crippen molar-refractivity contribution in [3.05, 3.63) is 40.5 Å². The smallest absolute Gasteiger partial charge is 0.254 e. The number of amides is 2. The standard InChI is InChI=1S/C26H32ClN5O4/c27-21-13-29-26(30-19-7-9-36-10-8-19)31-24(21)16-5-6-18-14-32(25(35)20(18)11-16)15-23(34)28-12-17-3-1-2-4-22(17)33/h5-6,11,13,17,19,22,33H,1-4,7-10,12,14-15H2,(H,28,34)(H,29,30,31)/t17-,22-/m0/s1. The number of aliphatic hydroxyl groups is 1. The fourth-order valence-electron chi connectivity index (χ4n) is 5.20. The van der Waals surface area contributed by atoms with E-state index in [4.69, 9.17) is 16.3 Å². The summed E-state index contributed by atoms with van der Waals surface area (Å²) in [7, 11) is 0. The van der Waals surface area contributed by atoms with Gasteiger partial charge in [-0.3, -0.25) is 9.59 Å². The Morgan fingerprint density at radius 1 is 1.19 bits per heavy atom. The summed E-state index contributed by atoms with van der Waals surface area (Å²) in [5, 5.41) is 16.8. The molecule has 1 saturated heterocycles. The van der Waals surface area contributed by atoms with Gasteiger partial charge in [0, 0.05) is 49.4 Å². The van der Waals surface area contributed by atoms with Gasteiger partial charge in [0.25, 0.3) is 5.91 Å². The molecule has 3 N–H and O–H groups in total.